The summed E-state index contributed by atoms with van der Waals surface area (Å²) in [6, 6.07) is 13.9. The first kappa shape index (κ1) is 23.2. The summed E-state index contributed by atoms with van der Waals surface area (Å²) < 4.78 is 5.42. The number of aromatic hydroxyl groups is 1. The van der Waals surface area contributed by atoms with Crippen LogP contribution in [-0.4, -0.2) is 25.0 Å². The van der Waals surface area contributed by atoms with E-state index in [0.29, 0.717) is 5.56 Å². The van der Waals surface area contributed by atoms with Gasteiger partial charge in [0.05, 0.1) is 7.11 Å². The summed E-state index contributed by atoms with van der Waals surface area (Å²) in [5, 5.41) is 10.8. The molecule has 0 unspecified atom stereocenters. The molecule has 140 valence electrons. The Balaban J connectivity index is 0.00000105. The van der Waals surface area contributed by atoms with Crippen molar-refractivity contribution in [3.05, 3.63) is 59.2 Å². The second-order valence-electron chi connectivity index (χ2n) is 6.21. The van der Waals surface area contributed by atoms with Gasteiger partial charge in [-0.15, -0.1) is 0 Å². The van der Waals surface area contributed by atoms with Gasteiger partial charge < -0.3 is 9.84 Å². The molecule has 0 aliphatic heterocycles. The monoisotopic (exact) mass is 471 g/mol. The molecule has 2 rings (SSSR count). The standard InChI is InChI=1S/C20H25NO2.2ClH.Zr/c1-5-11-21-14-15-12-17(23-4)13-18(19(15)22)20(2,3)16-9-7-6-8-10-16;;;/h6-10,12-14,22H,5,11H2,1-4H3;2*1H;/q;;;+2/p-2. The van der Waals surface area contributed by atoms with Crippen molar-refractivity contribution in [1.29, 1.82) is 0 Å². The van der Waals surface area contributed by atoms with Gasteiger partial charge in [-0.2, -0.15) is 0 Å². The molecule has 1 N–H and O–H groups in total. The molecule has 2 aromatic rings. The third-order valence-electron chi connectivity index (χ3n) is 4.10. The van der Waals surface area contributed by atoms with Gasteiger partial charge in [0.15, 0.2) is 0 Å². The Kier molecular flexibility index (Phi) is 10.5. The molecule has 0 radical (unpaired) electrons. The third kappa shape index (κ3) is 6.41. The van der Waals surface area contributed by atoms with Gasteiger partial charge in [-0.1, -0.05) is 51.1 Å². The minimum absolute atomic E-state index is 0.263. The van der Waals surface area contributed by atoms with E-state index < -0.39 is 20.8 Å². The maximum atomic E-state index is 10.8. The van der Waals surface area contributed by atoms with Gasteiger partial charge in [0.1, 0.15) is 11.5 Å². The van der Waals surface area contributed by atoms with Crippen molar-refractivity contribution in [2.45, 2.75) is 32.6 Å². The van der Waals surface area contributed by atoms with Crippen molar-refractivity contribution in [1.82, 2.24) is 0 Å². The fraction of sp³-hybridized carbons (Fsp3) is 0.350. The Morgan fingerprint density at radius 3 is 2.35 bits per heavy atom. The number of methoxy groups -OCH3 is 1. The van der Waals surface area contributed by atoms with E-state index in [4.69, 9.17) is 21.8 Å². The number of aliphatic imine (C=N–C) groups is 1. The van der Waals surface area contributed by atoms with Gasteiger partial charge in [-0.05, 0) is 24.1 Å². The van der Waals surface area contributed by atoms with Crippen molar-refractivity contribution < 1.29 is 30.7 Å². The van der Waals surface area contributed by atoms with Gasteiger partial charge in [0.2, 0.25) is 0 Å². The molecule has 3 nitrogen and oxygen atoms in total. The first-order chi connectivity index (χ1) is 12.4. The van der Waals surface area contributed by atoms with Crippen LogP contribution >= 0.6 is 17.0 Å². The minimum atomic E-state index is -0.826. The fourth-order valence-electron chi connectivity index (χ4n) is 2.62. The van der Waals surface area contributed by atoms with E-state index >= 15 is 0 Å². The van der Waals surface area contributed by atoms with Crippen LogP contribution in [0, 0.1) is 0 Å². The molecule has 0 amide bonds. The summed E-state index contributed by atoms with van der Waals surface area (Å²) in [6.45, 7) is 7.02. The van der Waals surface area contributed by atoms with Crippen LogP contribution in [0.15, 0.2) is 47.5 Å². The number of hydrogen-bond donors (Lipinski definition) is 1. The molecule has 0 saturated carbocycles. The molecule has 0 aromatic heterocycles. The Bertz CT molecular complexity index is 706. The van der Waals surface area contributed by atoms with Gasteiger partial charge in [-0.25, -0.2) is 0 Å². The predicted molar refractivity (Wildman–Crippen MR) is 108 cm³/mol. The van der Waals surface area contributed by atoms with Crippen LogP contribution in [0.3, 0.4) is 0 Å². The average molecular weight is 474 g/mol. The number of hydrogen-bond acceptors (Lipinski definition) is 3. The Morgan fingerprint density at radius 1 is 1.19 bits per heavy atom. The van der Waals surface area contributed by atoms with Crippen molar-refractivity contribution in [2.75, 3.05) is 13.7 Å². The van der Waals surface area contributed by atoms with Gasteiger partial charge >= 0.3 is 37.9 Å². The summed E-state index contributed by atoms with van der Waals surface area (Å²) in [6.07, 6.45) is 2.70. The van der Waals surface area contributed by atoms with Crippen LogP contribution in [-0.2, 0) is 26.3 Å². The predicted octanol–water partition coefficient (Wildman–Crippen LogP) is 5.93. The van der Waals surface area contributed by atoms with Crippen LogP contribution in [0.1, 0.15) is 43.9 Å². The molecule has 0 fully saturated rings. The van der Waals surface area contributed by atoms with Crippen molar-refractivity contribution >= 4 is 23.2 Å². The Morgan fingerprint density at radius 2 is 1.81 bits per heavy atom. The molecular formula is C20H25Cl2NO2Zr. The first-order valence-electron chi connectivity index (χ1n) is 8.35. The van der Waals surface area contributed by atoms with E-state index in [2.05, 4.69) is 37.9 Å². The second-order valence-corrected chi connectivity index (χ2v) is 9.94. The van der Waals surface area contributed by atoms with Crippen molar-refractivity contribution in [3.8, 4) is 11.5 Å². The van der Waals surface area contributed by atoms with Crippen LogP contribution in [0.2, 0.25) is 0 Å². The van der Waals surface area contributed by atoms with E-state index in [1.807, 2.05) is 30.3 Å². The molecule has 0 aliphatic rings. The van der Waals surface area contributed by atoms with Crippen LogP contribution in [0.5, 0.6) is 11.5 Å². The van der Waals surface area contributed by atoms with Crippen molar-refractivity contribution in [2.24, 2.45) is 4.99 Å². The van der Waals surface area contributed by atoms with Crippen molar-refractivity contribution in [3.63, 3.8) is 0 Å². The van der Waals surface area contributed by atoms with E-state index in [0.717, 1.165) is 29.8 Å². The zero-order valence-electron chi connectivity index (χ0n) is 15.6. The van der Waals surface area contributed by atoms with Gasteiger partial charge in [0, 0.05) is 29.3 Å². The van der Waals surface area contributed by atoms with Gasteiger partial charge in [-0.3, -0.25) is 4.99 Å². The second kappa shape index (κ2) is 11.8. The first-order valence-corrected chi connectivity index (χ1v) is 14.7. The van der Waals surface area contributed by atoms with E-state index in [-0.39, 0.29) is 11.2 Å². The summed E-state index contributed by atoms with van der Waals surface area (Å²) in [5.41, 5.74) is 2.32. The van der Waals surface area contributed by atoms with E-state index in [1.165, 1.54) is 0 Å². The molecule has 0 heterocycles. The molecule has 0 aliphatic carbocycles. The zero-order valence-corrected chi connectivity index (χ0v) is 19.6. The van der Waals surface area contributed by atoms with Crippen LogP contribution in [0.25, 0.3) is 0 Å². The molecular weight excluding hydrogens is 448 g/mol. The number of benzene rings is 2. The maximum absolute atomic E-state index is 10.8. The van der Waals surface area contributed by atoms with Gasteiger partial charge in [0.25, 0.3) is 0 Å². The number of nitrogens with zero attached hydrogens (tertiary/aromatic N) is 1. The zero-order chi connectivity index (χ0) is 19.6. The van der Waals surface area contributed by atoms with E-state index in [9.17, 15) is 5.11 Å². The normalized spacial score (nSPS) is 11.0. The molecule has 0 saturated heterocycles. The molecule has 0 spiro atoms. The third-order valence-corrected chi connectivity index (χ3v) is 4.10. The number of ether oxygens (including phenoxy) is 1. The molecule has 0 atom stereocenters. The number of rotatable bonds is 6. The Labute approximate surface area is 175 Å². The quantitative estimate of drug-likeness (QED) is 0.528. The van der Waals surface area contributed by atoms with E-state index in [1.54, 1.807) is 13.3 Å². The molecule has 2 aromatic carbocycles. The number of phenols is 1. The summed E-state index contributed by atoms with van der Waals surface area (Å²) in [4.78, 5) is 4.35. The fourth-order valence-corrected chi connectivity index (χ4v) is 2.62. The number of phenolic OH excluding ortho intramolecular Hbond substituents is 1. The molecule has 0 bridgehead atoms. The van der Waals surface area contributed by atoms with Crippen LogP contribution in [0.4, 0.5) is 0 Å². The summed E-state index contributed by atoms with van der Waals surface area (Å²) in [5.74, 6) is 0.985. The molecule has 6 heteroatoms. The SMILES string of the molecule is CCCN=Cc1cc(OC)cc(C(C)(C)c2ccccc2)c1O.[Cl][Zr][Cl]. The Hall–Kier alpha value is -0.827. The summed E-state index contributed by atoms with van der Waals surface area (Å²) in [7, 11) is 11.5. The number of halogens is 2. The van der Waals surface area contributed by atoms with Crippen LogP contribution < -0.4 is 4.74 Å². The topological polar surface area (TPSA) is 41.8 Å². The molecule has 26 heavy (non-hydrogen) atoms. The average Bonchev–Trinajstić information content (AvgIpc) is 2.64. The summed E-state index contributed by atoms with van der Waals surface area (Å²) >= 11 is -0.826.